The molecule has 0 fully saturated rings. The van der Waals surface area contributed by atoms with E-state index in [-0.39, 0.29) is 18.2 Å². The highest BCUT2D eigenvalue weighted by Gasteiger charge is 2.16. The summed E-state index contributed by atoms with van der Waals surface area (Å²) in [5, 5.41) is 9.37. The van der Waals surface area contributed by atoms with Crippen molar-refractivity contribution in [3.05, 3.63) is 64.5 Å². The summed E-state index contributed by atoms with van der Waals surface area (Å²) < 4.78 is 12.6. The van der Waals surface area contributed by atoms with Gasteiger partial charge in [-0.25, -0.2) is 4.79 Å². The molecule has 0 spiro atoms. The zero-order valence-electron chi connectivity index (χ0n) is 15.7. The van der Waals surface area contributed by atoms with Gasteiger partial charge in [0.05, 0.1) is 12.6 Å². The Bertz CT molecular complexity index is 829. The van der Waals surface area contributed by atoms with Gasteiger partial charge in [0, 0.05) is 18.5 Å². The molecular weight excluding hydrogens is 328 g/mol. The number of benzene rings is 1. The van der Waals surface area contributed by atoms with Crippen LogP contribution in [-0.2, 0) is 20.9 Å². The van der Waals surface area contributed by atoms with Gasteiger partial charge in [-0.05, 0) is 44.0 Å². The predicted molar refractivity (Wildman–Crippen MR) is 100 cm³/mol. The van der Waals surface area contributed by atoms with Crippen LogP contribution >= 0.6 is 0 Å². The van der Waals surface area contributed by atoms with E-state index in [2.05, 4.69) is 11.5 Å². The van der Waals surface area contributed by atoms with Crippen LogP contribution in [0.25, 0.3) is 6.08 Å². The van der Waals surface area contributed by atoms with Gasteiger partial charge in [0.1, 0.15) is 18.2 Å². The highest BCUT2D eigenvalue weighted by atomic mass is 16.5. The predicted octanol–water partition coefficient (Wildman–Crippen LogP) is 3.96. The first kappa shape index (κ1) is 19.5. The standard InChI is InChI=1S/C21H24N2O3/c1-15-10-19(17(3)23(15)16(2)13-25-4)11-20(12-22)21(24)26-14-18-8-6-5-7-9-18/h5-11,16H,13-14H2,1-4H3/b20-11+/t16-/m1/s1. The Balaban J connectivity index is 2.19. The molecule has 2 aromatic rings. The second kappa shape index (κ2) is 9.02. The monoisotopic (exact) mass is 352 g/mol. The van der Waals surface area contributed by atoms with Gasteiger partial charge in [-0.2, -0.15) is 5.26 Å². The average Bonchev–Trinajstić information content (AvgIpc) is 2.92. The summed E-state index contributed by atoms with van der Waals surface area (Å²) in [5.41, 5.74) is 3.73. The fourth-order valence-corrected chi connectivity index (χ4v) is 3.04. The number of esters is 1. The summed E-state index contributed by atoms with van der Waals surface area (Å²) in [6, 6.07) is 13.5. The molecule has 0 bridgehead atoms. The van der Waals surface area contributed by atoms with Gasteiger partial charge in [0.25, 0.3) is 0 Å². The molecule has 0 radical (unpaired) electrons. The molecule has 0 unspecified atom stereocenters. The molecule has 0 N–H and O–H groups in total. The molecule has 0 aliphatic carbocycles. The third kappa shape index (κ3) is 4.62. The van der Waals surface area contributed by atoms with E-state index in [1.807, 2.05) is 56.3 Å². The van der Waals surface area contributed by atoms with E-state index >= 15 is 0 Å². The van der Waals surface area contributed by atoms with E-state index in [4.69, 9.17) is 9.47 Å². The second-order valence-corrected chi connectivity index (χ2v) is 6.23. The number of ether oxygens (including phenoxy) is 2. The molecule has 0 amide bonds. The molecule has 1 heterocycles. The lowest BCUT2D eigenvalue weighted by Gasteiger charge is -2.17. The Labute approximate surface area is 154 Å². The molecule has 0 aliphatic rings. The number of nitrogens with zero attached hydrogens (tertiary/aromatic N) is 2. The number of methoxy groups -OCH3 is 1. The third-order valence-electron chi connectivity index (χ3n) is 4.23. The van der Waals surface area contributed by atoms with Crippen molar-refractivity contribution in [2.75, 3.05) is 13.7 Å². The first-order valence-electron chi connectivity index (χ1n) is 8.48. The van der Waals surface area contributed by atoms with Crippen molar-refractivity contribution in [1.29, 1.82) is 5.26 Å². The van der Waals surface area contributed by atoms with Crippen LogP contribution in [-0.4, -0.2) is 24.3 Å². The number of hydrogen-bond donors (Lipinski definition) is 0. The summed E-state index contributed by atoms with van der Waals surface area (Å²) in [6.45, 7) is 6.76. The first-order valence-corrected chi connectivity index (χ1v) is 8.48. The Hall–Kier alpha value is -2.84. The van der Waals surface area contributed by atoms with Crippen LogP contribution in [0.3, 0.4) is 0 Å². The van der Waals surface area contributed by atoms with Gasteiger partial charge in [-0.1, -0.05) is 30.3 Å². The molecule has 2 rings (SSSR count). The fourth-order valence-electron chi connectivity index (χ4n) is 3.04. The van der Waals surface area contributed by atoms with Crippen molar-refractivity contribution >= 4 is 12.0 Å². The number of aryl methyl sites for hydroxylation is 1. The minimum Gasteiger partial charge on any atom is -0.457 e. The average molecular weight is 352 g/mol. The molecule has 1 aromatic heterocycles. The lowest BCUT2D eigenvalue weighted by Crippen LogP contribution is -2.13. The van der Waals surface area contributed by atoms with E-state index < -0.39 is 5.97 Å². The molecule has 0 saturated heterocycles. The third-order valence-corrected chi connectivity index (χ3v) is 4.23. The molecule has 5 nitrogen and oxygen atoms in total. The van der Waals surface area contributed by atoms with Gasteiger partial charge < -0.3 is 14.0 Å². The van der Waals surface area contributed by atoms with Crippen molar-refractivity contribution in [3.63, 3.8) is 0 Å². The Morgan fingerprint density at radius 1 is 1.31 bits per heavy atom. The number of nitriles is 1. The smallest absolute Gasteiger partial charge is 0.349 e. The Morgan fingerprint density at radius 2 is 2.00 bits per heavy atom. The van der Waals surface area contributed by atoms with E-state index in [9.17, 15) is 10.1 Å². The van der Waals surface area contributed by atoms with Crippen LogP contribution in [0.4, 0.5) is 0 Å². The zero-order chi connectivity index (χ0) is 19.1. The summed E-state index contributed by atoms with van der Waals surface area (Å²) in [4.78, 5) is 12.3. The van der Waals surface area contributed by atoms with Crippen LogP contribution < -0.4 is 0 Å². The number of aromatic nitrogens is 1. The van der Waals surface area contributed by atoms with Crippen molar-refractivity contribution in [2.45, 2.75) is 33.4 Å². The van der Waals surface area contributed by atoms with Crippen molar-refractivity contribution in [2.24, 2.45) is 0 Å². The van der Waals surface area contributed by atoms with Gasteiger partial charge in [0.15, 0.2) is 0 Å². The molecule has 26 heavy (non-hydrogen) atoms. The largest absolute Gasteiger partial charge is 0.457 e. The first-order chi connectivity index (χ1) is 12.5. The molecule has 1 aromatic carbocycles. The molecule has 5 heteroatoms. The maximum atomic E-state index is 12.3. The SMILES string of the molecule is COC[C@@H](C)n1c(C)cc(/C=C(\C#N)C(=O)OCc2ccccc2)c1C. The Kier molecular flexibility index (Phi) is 6.76. The molecule has 0 saturated carbocycles. The topological polar surface area (TPSA) is 64.2 Å². The van der Waals surface area contributed by atoms with Gasteiger partial charge in [-0.15, -0.1) is 0 Å². The number of carbonyl (C=O) groups is 1. The highest BCUT2D eigenvalue weighted by molar-refractivity contribution is 5.98. The summed E-state index contributed by atoms with van der Waals surface area (Å²) in [6.07, 6.45) is 1.59. The summed E-state index contributed by atoms with van der Waals surface area (Å²) in [7, 11) is 1.67. The van der Waals surface area contributed by atoms with Gasteiger partial charge in [0.2, 0.25) is 0 Å². The maximum Gasteiger partial charge on any atom is 0.349 e. The highest BCUT2D eigenvalue weighted by Crippen LogP contribution is 2.23. The lowest BCUT2D eigenvalue weighted by molar-refractivity contribution is -0.139. The van der Waals surface area contributed by atoms with Crippen LogP contribution in [0.2, 0.25) is 0 Å². The molecule has 136 valence electrons. The van der Waals surface area contributed by atoms with Gasteiger partial charge >= 0.3 is 5.97 Å². The zero-order valence-corrected chi connectivity index (χ0v) is 15.7. The maximum absolute atomic E-state index is 12.3. The normalized spacial score (nSPS) is 12.5. The summed E-state index contributed by atoms with van der Waals surface area (Å²) >= 11 is 0. The minimum atomic E-state index is -0.619. The van der Waals surface area contributed by atoms with Crippen LogP contribution in [0, 0.1) is 25.2 Å². The van der Waals surface area contributed by atoms with E-state index in [1.54, 1.807) is 13.2 Å². The van der Waals surface area contributed by atoms with E-state index in [0.717, 1.165) is 22.5 Å². The van der Waals surface area contributed by atoms with Crippen LogP contribution in [0.15, 0.2) is 42.0 Å². The lowest BCUT2D eigenvalue weighted by atomic mass is 10.1. The number of carbonyl (C=O) groups excluding carboxylic acids is 1. The van der Waals surface area contributed by atoms with Gasteiger partial charge in [-0.3, -0.25) is 0 Å². The molecule has 1 atom stereocenters. The molecular formula is C21H24N2O3. The molecule has 0 aliphatic heterocycles. The van der Waals surface area contributed by atoms with Crippen LogP contribution in [0.1, 0.15) is 35.5 Å². The number of hydrogen-bond acceptors (Lipinski definition) is 4. The van der Waals surface area contributed by atoms with Crippen molar-refractivity contribution in [3.8, 4) is 6.07 Å². The quantitative estimate of drug-likeness (QED) is 0.430. The van der Waals surface area contributed by atoms with Crippen LogP contribution in [0.5, 0.6) is 0 Å². The van der Waals surface area contributed by atoms with Crippen molar-refractivity contribution in [1.82, 2.24) is 4.57 Å². The second-order valence-electron chi connectivity index (χ2n) is 6.23. The number of rotatable bonds is 7. The van der Waals surface area contributed by atoms with Crippen molar-refractivity contribution < 1.29 is 14.3 Å². The van der Waals surface area contributed by atoms with E-state index in [0.29, 0.717) is 6.61 Å². The van der Waals surface area contributed by atoms with E-state index in [1.165, 1.54) is 0 Å². The fraction of sp³-hybridized carbons (Fsp3) is 0.333. The summed E-state index contributed by atoms with van der Waals surface area (Å²) in [5.74, 6) is -0.619. The minimum absolute atomic E-state index is 0.0134. The Morgan fingerprint density at radius 3 is 2.62 bits per heavy atom.